The zero-order valence-electron chi connectivity index (χ0n) is 19.9. The molecule has 6 heteroatoms. The van der Waals surface area contributed by atoms with Crippen molar-refractivity contribution in [1.82, 2.24) is 9.97 Å². The molecule has 0 saturated heterocycles. The summed E-state index contributed by atoms with van der Waals surface area (Å²) >= 11 is 0. The number of rotatable bonds is 0. The maximum atomic E-state index is 4.64. The lowest BCUT2D eigenvalue weighted by Crippen LogP contribution is -1.96. The fourth-order valence-corrected chi connectivity index (χ4v) is 3.86. The fraction of sp³-hybridized carbons (Fsp3) is 0.133. The zero-order valence-corrected chi connectivity index (χ0v) is 19.9. The summed E-state index contributed by atoms with van der Waals surface area (Å²) in [5.41, 5.74) is 7.75. The lowest BCUT2D eigenvalue weighted by molar-refractivity contribution is 1.03. The van der Waals surface area contributed by atoms with Crippen LogP contribution in [0.5, 0.6) is 0 Å². The Morgan fingerprint density at radius 3 is 0.944 bits per heavy atom. The van der Waals surface area contributed by atoms with Crippen LogP contribution in [0.15, 0.2) is 105 Å². The third-order valence-corrected chi connectivity index (χ3v) is 5.56. The van der Waals surface area contributed by atoms with Crippen LogP contribution in [0, 0.1) is 0 Å². The topological polar surface area (TPSA) is 75.2 Å². The number of aromatic nitrogens is 2. The quantitative estimate of drug-likeness (QED) is 0.351. The minimum atomic E-state index is 0.580. The Morgan fingerprint density at radius 1 is 0.361 bits per heavy atom. The van der Waals surface area contributed by atoms with E-state index in [4.69, 9.17) is 0 Å². The van der Waals surface area contributed by atoms with Crippen molar-refractivity contribution in [2.45, 2.75) is 26.2 Å². The number of nitrogens with zero attached hydrogens (tertiary/aromatic N) is 6. The molecule has 0 amide bonds. The number of aliphatic imine (C=N–C) groups is 4. The minimum absolute atomic E-state index is 0.580. The largest absolute Gasteiger partial charge is 0.286 e. The van der Waals surface area contributed by atoms with E-state index >= 15 is 0 Å². The van der Waals surface area contributed by atoms with Crippen LogP contribution in [0.3, 0.4) is 0 Å². The van der Waals surface area contributed by atoms with Gasteiger partial charge >= 0.3 is 0 Å². The van der Waals surface area contributed by atoms with Gasteiger partial charge in [0.1, 0.15) is 0 Å². The second kappa shape index (κ2) is 11.7. The molecule has 0 N–H and O–H groups in total. The molecular weight excluding hydrogens is 444 g/mol. The summed E-state index contributed by atoms with van der Waals surface area (Å²) in [5.74, 6) is 0. The highest BCUT2D eigenvalue weighted by Gasteiger charge is 1.99. The number of hydrogen-bond donors (Lipinski definition) is 0. The van der Waals surface area contributed by atoms with Crippen molar-refractivity contribution in [3.05, 3.63) is 130 Å². The smallest absolute Gasteiger partial charge is 0.0815 e. The standard InChI is InChI=1S/C30H26N6/c1-5-23-13-24(6-1)16-32-20-28-10-4-12-30(36-28)22-34-18-26-8-2-7-25(14-26)17-33-21-29-11-3-9-27(35-29)19-31-15-23/h1-14,19-22H,15-18H2. The van der Waals surface area contributed by atoms with E-state index in [1.165, 1.54) is 0 Å². The molecule has 0 radical (unpaired) electrons. The molecule has 0 fully saturated rings. The Hall–Kier alpha value is -4.58. The van der Waals surface area contributed by atoms with Crippen LogP contribution in [0.2, 0.25) is 0 Å². The van der Waals surface area contributed by atoms with E-state index in [1.807, 2.05) is 73.4 Å². The Labute approximate surface area is 211 Å². The Morgan fingerprint density at radius 2 is 0.639 bits per heavy atom. The first-order valence-electron chi connectivity index (χ1n) is 11.9. The maximum Gasteiger partial charge on any atom is 0.0815 e. The van der Waals surface area contributed by atoms with E-state index < -0.39 is 0 Å². The van der Waals surface area contributed by atoms with Gasteiger partial charge in [-0.15, -0.1) is 0 Å². The predicted octanol–water partition coefficient (Wildman–Crippen LogP) is 5.27. The molecule has 176 valence electrons. The lowest BCUT2D eigenvalue weighted by atomic mass is 10.1. The summed E-state index contributed by atoms with van der Waals surface area (Å²) in [6, 6.07) is 28.4. The van der Waals surface area contributed by atoms with E-state index in [0.717, 1.165) is 45.0 Å². The van der Waals surface area contributed by atoms with E-state index in [9.17, 15) is 0 Å². The van der Waals surface area contributed by atoms with Crippen molar-refractivity contribution in [2.24, 2.45) is 20.0 Å². The lowest BCUT2D eigenvalue weighted by Gasteiger charge is -2.02. The van der Waals surface area contributed by atoms with E-state index in [2.05, 4.69) is 66.3 Å². The van der Waals surface area contributed by atoms with Gasteiger partial charge in [0.05, 0.1) is 49.0 Å². The molecular formula is C30H26N6. The van der Waals surface area contributed by atoms with Crippen molar-refractivity contribution in [1.29, 1.82) is 0 Å². The molecule has 0 spiro atoms. The molecule has 0 saturated carbocycles. The first-order valence-corrected chi connectivity index (χ1v) is 11.9. The SMILES string of the molecule is C1=NCc2cccc(c2)CN=Cc2cccc(n2)C=NCc2cccc(c2)CN=Cc2cccc1n2. The summed E-state index contributed by atoms with van der Waals surface area (Å²) in [6.45, 7) is 2.32. The molecule has 2 aromatic heterocycles. The van der Waals surface area contributed by atoms with Crippen LogP contribution < -0.4 is 0 Å². The van der Waals surface area contributed by atoms with E-state index in [-0.39, 0.29) is 0 Å². The second-order valence-corrected chi connectivity index (χ2v) is 8.49. The average molecular weight is 471 g/mol. The summed E-state index contributed by atoms with van der Waals surface area (Å²) < 4.78 is 0. The van der Waals surface area contributed by atoms with Gasteiger partial charge in [-0.1, -0.05) is 60.7 Å². The summed E-state index contributed by atoms with van der Waals surface area (Å²) in [4.78, 5) is 27.6. The number of benzene rings is 2. The van der Waals surface area contributed by atoms with Crippen molar-refractivity contribution in [3.8, 4) is 0 Å². The molecule has 8 bridgehead atoms. The highest BCUT2D eigenvalue weighted by atomic mass is 14.8. The maximum absolute atomic E-state index is 4.64. The number of fused-ring (bicyclic) bond motifs is 8. The molecule has 3 heterocycles. The van der Waals surface area contributed by atoms with Gasteiger partial charge in [-0.25, -0.2) is 9.97 Å². The first kappa shape index (κ1) is 23.2. The minimum Gasteiger partial charge on any atom is -0.286 e. The van der Waals surface area contributed by atoms with E-state index in [0.29, 0.717) is 26.2 Å². The molecule has 1 aliphatic rings. The van der Waals surface area contributed by atoms with Crippen molar-refractivity contribution >= 4 is 24.9 Å². The van der Waals surface area contributed by atoms with Crippen LogP contribution in [-0.4, -0.2) is 34.8 Å². The summed E-state index contributed by atoms with van der Waals surface area (Å²) in [5, 5.41) is 0. The van der Waals surface area contributed by atoms with E-state index in [1.54, 1.807) is 0 Å². The third kappa shape index (κ3) is 6.73. The van der Waals surface area contributed by atoms with Crippen molar-refractivity contribution in [2.75, 3.05) is 0 Å². The fourth-order valence-electron chi connectivity index (χ4n) is 3.86. The van der Waals surface area contributed by atoms with Crippen LogP contribution in [-0.2, 0) is 26.2 Å². The molecule has 6 nitrogen and oxygen atoms in total. The first-order chi connectivity index (χ1) is 17.8. The van der Waals surface area contributed by atoms with Gasteiger partial charge in [-0.2, -0.15) is 0 Å². The van der Waals surface area contributed by atoms with Gasteiger partial charge in [0, 0.05) is 24.9 Å². The predicted molar refractivity (Wildman–Crippen MR) is 147 cm³/mol. The van der Waals surface area contributed by atoms with Gasteiger partial charge < -0.3 is 0 Å². The molecule has 4 aromatic rings. The Kier molecular flexibility index (Phi) is 7.54. The monoisotopic (exact) mass is 470 g/mol. The van der Waals surface area contributed by atoms with Crippen LogP contribution >= 0.6 is 0 Å². The Bertz CT molecular complexity index is 1250. The molecule has 1 aliphatic heterocycles. The molecule has 0 unspecified atom stereocenters. The zero-order chi connectivity index (χ0) is 24.4. The molecule has 2 aromatic carbocycles. The van der Waals surface area contributed by atoms with Crippen LogP contribution in [0.25, 0.3) is 0 Å². The van der Waals surface area contributed by atoms with Gasteiger partial charge in [0.2, 0.25) is 0 Å². The normalized spacial score (nSPS) is 13.8. The van der Waals surface area contributed by atoms with Crippen LogP contribution in [0.4, 0.5) is 0 Å². The highest BCUT2D eigenvalue weighted by Crippen LogP contribution is 2.10. The molecule has 0 atom stereocenters. The number of hydrogen-bond acceptors (Lipinski definition) is 6. The summed E-state index contributed by atoms with van der Waals surface area (Å²) in [7, 11) is 0. The van der Waals surface area contributed by atoms with Gasteiger partial charge in [0.15, 0.2) is 0 Å². The van der Waals surface area contributed by atoms with Crippen molar-refractivity contribution < 1.29 is 0 Å². The van der Waals surface area contributed by atoms with Gasteiger partial charge in [-0.05, 0) is 46.5 Å². The second-order valence-electron chi connectivity index (χ2n) is 8.49. The van der Waals surface area contributed by atoms with Gasteiger partial charge in [-0.3, -0.25) is 20.0 Å². The molecule has 0 aliphatic carbocycles. The summed E-state index contributed by atoms with van der Waals surface area (Å²) in [6.07, 6.45) is 7.24. The molecule has 5 rings (SSSR count). The van der Waals surface area contributed by atoms with Crippen LogP contribution in [0.1, 0.15) is 45.0 Å². The Balaban J connectivity index is 1.42. The number of pyridine rings is 2. The van der Waals surface area contributed by atoms with Gasteiger partial charge in [0.25, 0.3) is 0 Å². The van der Waals surface area contributed by atoms with Crippen molar-refractivity contribution in [3.63, 3.8) is 0 Å². The molecule has 36 heavy (non-hydrogen) atoms. The third-order valence-electron chi connectivity index (χ3n) is 5.56. The highest BCUT2D eigenvalue weighted by molar-refractivity contribution is 5.82. The average Bonchev–Trinajstić information content (AvgIpc) is 2.90.